The van der Waals surface area contributed by atoms with Gasteiger partial charge in [-0.3, -0.25) is 9.59 Å². The molecule has 9 nitrogen and oxygen atoms in total. The molecule has 0 saturated carbocycles. The van der Waals surface area contributed by atoms with Crippen LogP contribution >= 0.6 is 0 Å². The maximum absolute atomic E-state index is 14.2. The topological polar surface area (TPSA) is 85.0 Å². The van der Waals surface area contributed by atoms with Gasteiger partial charge >= 0.3 is 0 Å². The molecule has 2 saturated heterocycles. The number of hydrogen-bond acceptors (Lipinski definition) is 7. The van der Waals surface area contributed by atoms with Crippen LogP contribution in [-0.2, 0) is 11.3 Å². The lowest BCUT2D eigenvalue weighted by atomic mass is 9.95. The maximum atomic E-state index is 14.2. The Labute approximate surface area is 268 Å². The molecule has 1 aromatic carbocycles. The second-order valence-corrected chi connectivity index (χ2v) is 13.0. The van der Waals surface area contributed by atoms with E-state index in [1.807, 2.05) is 39.1 Å². The minimum absolute atomic E-state index is 0.105. The van der Waals surface area contributed by atoms with Crippen LogP contribution in [0.5, 0.6) is 0 Å². The number of aryl methyl sites for hydroxylation is 2. The number of nitrogens with one attached hydrogen (secondary N) is 1. The number of nitrogens with zero attached hydrogens (tertiary/aromatic N) is 5. The largest absolute Gasteiger partial charge is 0.381 e. The Hall–Kier alpha value is -3.69. The zero-order valence-electron chi connectivity index (χ0n) is 28.2. The average molecular weight is 615 g/mol. The molecular weight excluding hydrogens is 564 g/mol. The third kappa shape index (κ3) is 7.25. The van der Waals surface area contributed by atoms with E-state index < -0.39 is 0 Å². The molecule has 242 valence electrons. The molecule has 2 aliphatic rings. The first-order valence-corrected chi connectivity index (χ1v) is 16.4. The zero-order valence-corrected chi connectivity index (χ0v) is 28.2. The van der Waals surface area contributed by atoms with Crippen LogP contribution in [0.2, 0.25) is 0 Å². The molecule has 0 bridgehead atoms. The minimum atomic E-state index is -0.146. The normalized spacial score (nSPS) is 16.3. The number of carbonyl (C=O) groups excluding carboxylic acids is 1. The van der Waals surface area contributed by atoms with Gasteiger partial charge in [0.05, 0.1) is 6.54 Å². The molecular formula is C36H50N6O3. The Balaban J connectivity index is 1.49. The van der Waals surface area contributed by atoms with Gasteiger partial charge in [0.1, 0.15) is 5.82 Å². The summed E-state index contributed by atoms with van der Waals surface area (Å²) in [6, 6.07) is 11.4. The van der Waals surface area contributed by atoms with Crippen molar-refractivity contribution in [2.75, 3.05) is 63.8 Å². The van der Waals surface area contributed by atoms with Crippen LogP contribution in [0.25, 0.3) is 11.1 Å². The number of pyridine rings is 2. The lowest BCUT2D eigenvalue weighted by molar-refractivity contribution is 0.0783. The Morgan fingerprint density at radius 3 is 2.29 bits per heavy atom. The molecule has 45 heavy (non-hydrogen) atoms. The minimum Gasteiger partial charge on any atom is -0.381 e. The number of ether oxygens (including phenoxy) is 1. The number of rotatable bonds is 9. The first-order chi connectivity index (χ1) is 21.6. The first-order valence-electron chi connectivity index (χ1n) is 16.4. The molecule has 2 aliphatic heterocycles. The third-order valence-corrected chi connectivity index (χ3v) is 9.73. The smallest absolute Gasteiger partial charge is 0.254 e. The summed E-state index contributed by atoms with van der Waals surface area (Å²) >= 11 is 0. The van der Waals surface area contributed by atoms with E-state index in [4.69, 9.17) is 9.72 Å². The van der Waals surface area contributed by atoms with Crippen molar-refractivity contribution in [1.29, 1.82) is 0 Å². The average Bonchev–Trinajstić information content (AvgIpc) is 3.04. The number of hydrogen-bond donors (Lipinski definition) is 1. The summed E-state index contributed by atoms with van der Waals surface area (Å²) in [5, 5.41) is 0. The van der Waals surface area contributed by atoms with Crippen molar-refractivity contribution < 1.29 is 9.53 Å². The molecule has 5 rings (SSSR count). The summed E-state index contributed by atoms with van der Waals surface area (Å²) in [5.41, 5.74) is 6.77. The standard InChI is InChI=1S/C36H50N6O3/c1-8-42(30-13-17-45-18-14-30)33-21-28(27-9-10-34(37-22-27)41-15-11-29(12-16-41)39(5)6)20-31(26(33)4)36(44)40(7)23-32-24(2)19-25(3)38-35(32)43/h9-10,19-22,29-30H,8,11-18,23H2,1-7H3,(H,38,43). The molecule has 0 aliphatic carbocycles. The van der Waals surface area contributed by atoms with Crippen molar-refractivity contribution in [3.63, 3.8) is 0 Å². The summed E-state index contributed by atoms with van der Waals surface area (Å²) < 4.78 is 5.68. The van der Waals surface area contributed by atoms with Crippen molar-refractivity contribution in [3.8, 4) is 11.1 Å². The first kappa shape index (κ1) is 32.7. The number of amides is 1. The van der Waals surface area contributed by atoms with Crippen molar-refractivity contribution in [2.45, 2.75) is 72.0 Å². The van der Waals surface area contributed by atoms with Gasteiger partial charge in [-0.15, -0.1) is 0 Å². The molecule has 0 spiro atoms. The Morgan fingerprint density at radius 1 is 0.978 bits per heavy atom. The van der Waals surface area contributed by atoms with E-state index in [0.717, 1.165) is 98.0 Å². The van der Waals surface area contributed by atoms with Crippen molar-refractivity contribution in [3.05, 3.63) is 74.8 Å². The number of benzene rings is 1. The highest BCUT2D eigenvalue weighted by Crippen LogP contribution is 2.35. The number of piperidine rings is 1. The number of carbonyl (C=O) groups is 1. The SMILES string of the molecule is CCN(c1cc(-c2ccc(N3CCC(N(C)C)CC3)nc2)cc(C(=O)N(C)Cc2c(C)cc(C)[nH]c2=O)c1C)C1CCOCC1. The number of H-pyrrole nitrogens is 1. The summed E-state index contributed by atoms with van der Waals surface area (Å²) in [6.07, 6.45) is 6.11. The summed E-state index contributed by atoms with van der Waals surface area (Å²) in [7, 11) is 6.09. The number of anilines is 2. The van der Waals surface area contributed by atoms with E-state index in [1.54, 1.807) is 11.9 Å². The van der Waals surface area contributed by atoms with Crippen molar-refractivity contribution in [1.82, 2.24) is 19.8 Å². The molecule has 2 fully saturated rings. The van der Waals surface area contributed by atoms with E-state index in [1.165, 1.54) is 0 Å². The number of aromatic nitrogens is 2. The van der Waals surface area contributed by atoms with E-state index in [0.29, 0.717) is 23.2 Å². The molecule has 0 unspecified atom stereocenters. The van der Waals surface area contributed by atoms with Gasteiger partial charge in [-0.25, -0.2) is 4.98 Å². The van der Waals surface area contributed by atoms with Gasteiger partial charge in [0.15, 0.2) is 0 Å². The van der Waals surface area contributed by atoms with Gasteiger partial charge in [-0.05, 0) is 114 Å². The van der Waals surface area contributed by atoms with Gasteiger partial charge in [-0.2, -0.15) is 0 Å². The molecule has 2 aromatic heterocycles. The molecule has 1 amide bonds. The van der Waals surface area contributed by atoms with Crippen LogP contribution in [0.3, 0.4) is 0 Å². The lowest BCUT2D eigenvalue weighted by Gasteiger charge is -2.37. The van der Waals surface area contributed by atoms with Gasteiger partial charge in [0.25, 0.3) is 11.5 Å². The van der Waals surface area contributed by atoms with Crippen LogP contribution in [-0.4, -0.2) is 91.7 Å². The number of aromatic amines is 1. The molecule has 0 atom stereocenters. The fourth-order valence-corrected chi connectivity index (χ4v) is 6.96. The van der Waals surface area contributed by atoms with Gasteiger partial charge in [0.2, 0.25) is 0 Å². The predicted molar refractivity (Wildman–Crippen MR) is 183 cm³/mol. The van der Waals surface area contributed by atoms with Crippen LogP contribution in [0.15, 0.2) is 41.3 Å². The molecule has 3 aromatic rings. The fraction of sp³-hybridized carbons (Fsp3) is 0.528. The lowest BCUT2D eigenvalue weighted by Crippen LogP contribution is -2.42. The van der Waals surface area contributed by atoms with Crippen molar-refractivity contribution >= 4 is 17.4 Å². The Bertz CT molecular complexity index is 1540. The second kappa shape index (κ2) is 14.2. The van der Waals surface area contributed by atoms with Crippen LogP contribution in [0, 0.1) is 20.8 Å². The molecule has 4 heterocycles. The molecule has 9 heteroatoms. The highest BCUT2D eigenvalue weighted by atomic mass is 16.5. The quantitative estimate of drug-likeness (QED) is 0.356. The Kier molecular flexibility index (Phi) is 10.3. The van der Waals surface area contributed by atoms with E-state index in [2.05, 4.69) is 58.9 Å². The third-order valence-electron chi connectivity index (χ3n) is 9.73. The van der Waals surface area contributed by atoms with Gasteiger partial charge in [0, 0.05) is 86.2 Å². The van der Waals surface area contributed by atoms with Crippen LogP contribution in [0.4, 0.5) is 11.5 Å². The zero-order chi connectivity index (χ0) is 32.2. The fourth-order valence-electron chi connectivity index (χ4n) is 6.96. The monoisotopic (exact) mass is 614 g/mol. The van der Waals surface area contributed by atoms with Crippen molar-refractivity contribution in [2.24, 2.45) is 0 Å². The predicted octanol–water partition coefficient (Wildman–Crippen LogP) is 5.17. The van der Waals surface area contributed by atoms with Crippen LogP contribution in [0.1, 0.15) is 65.3 Å². The summed E-state index contributed by atoms with van der Waals surface area (Å²) in [6.45, 7) is 12.6. The van der Waals surface area contributed by atoms with Crippen LogP contribution < -0.4 is 15.4 Å². The maximum Gasteiger partial charge on any atom is 0.254 e. The van der Waals surface area contributed by atoms with E-state index in [-0.39, 0.29) is 18.0 Å². The van der Waals surface area contributed by atoms with E-state index >= 15 is 0 Å². The van der Waals surface area contributed by atoms with Gasteiger partial charge in [-0.1, -0.05) is 0 Å². The molecule has 1 N–H and O–H groups in total. The summed E-state index contributed by atoms with van der Waals surface area (Å²) in [4.78, 5) is 43.5. The highest BCUT2D eigenvalue weighted by molar-refractivity contribution is 5.98. The van der Waals surface area contributed by atoms with E-state index in [9.17, 15) is 9.59 Å². The Morgan fingerprint density at radius 2 is 1.69 bits per heavy atom. The summed E-state index contributed by atoms with van der Waals surface area (Å²) in [5.74, 6) is 0.891. The van der Waals surface area contributed by atoms with Gasteiger partial charge < -0.3 is 29.3 Å². The molecule has 0 radical (unpaired) electrons. The highest BCUT2D eigenvalue weighted by Gasteiger charge is 2.27. The second-order valence-electron chi connectivity index (χ2n) is 13.0.